The van der Waals surface area contributed by atoms with Crippen molar-refractivity contribution in [3.05, 3.63) is 29.3 Å². The van der Waals surface area contributed by atoms with Crippen LogP contribution in [0.4, 0.5) is 0 Å². The van der Waals surface area contributed by atoms with Gasteiger partial charge in [0.05, 0.1) is 4.90 Å². The summed E-state index contributed by atoms with van der Waals surface area (Å²) < 4.78 is 27.4. The van der Waals surface area contributed by atoms with E-state index < -0.39 is 10.0 Å². The Hall–Kier alpha value is -0.910. The van der Waals surface area contributed by atoms with Crippen LogP contribution in [-0.2, 0) is 10.0 Å². The van der Waals surface area contributed by atoms with Crippen molar-refractivity contribution in [2.45, 2.75) is 44.4 Å². The molecule has 2 rings (SSSR count). The van der Waals surface area contributed by atoms with Gasteiger partial charge < -0.3 is 4.90 Å². The second kappa shape index (κ2) is 7.38. The predicted octanol–water partition coefficient (Wildman–Crippen LogP) is 2.46. The maximum atomic E-state index is 12.3. The zero-order chi connectivity index (χ0) is 15.3. The van der Waals surface area contributed by atoms with E-state index in [1.165, 1.54) is 19.3 Å². The standard InChI is InChI=1S/C16H26N2O2S/c1-14-7-8-15(2)16(13-14)21(19,20)17-9-6-12-18-10-4-3-5-11-18/h7-8,13,17H,3-6,9-12H2,1-2H3. The lowest BCUT2D eigenvalue weighted by Gasteiger charge is -2.26. The molecule has 0 saturated carbocycles. The van der Waals surface area contributed by atoms with Crippen LogP contribution in [0.5, 0.6) is 0 Å². The molecule has 1 aliphatic rings. The van der Waals surface area contributed by atoms with Gasteiger partial charge in [-0.05, 0) is 69.9 Å². The summed E-state index contributed by atoms with van der Waals surface area (Å²) in [4.78, 5) is 2.83. The van der Waals surface area contributed by atoms with Crippen molar-refractivity contribution in [2.24, 2.45) is 0 Å². The van der Waals surface area contributed by atoms with Gasteiger partial charge in [-0.25, -0.2) is 13.1 Å². The third-order valence-electron chi connectivity index (χ3n) is 4.03. The van der Waals surface area contributed by atoms with E-state index in [0.29, 0.717) is 11.4 Å². The summed E-state index contributed by atoms with van der Waals surface area (Å²) >= 11 is 0. The summed E-state index contributed by atoms with van der Waals surface area (Å²) in [5, 5.41) is 0. The Morgan fingerprint density at radius 1 is 1.14 bits per heavy atom. The number of likely N-dealkylation sites (tertiary alicyclic amines) is 1. The monoisotopic (exact) mass is 310 g/mol. The van der Waals surface area contributed by atoms with Gasteiger partial charge in [0.1, 0.15) is 0 Å². The van der Waals surface area contributed by atoms with Crippen molar-refractivity contribution in [2.75, 3.05) is 26.2 Å². The van der Waals surface area contributed by atoms with Crippen LogP contribution in [0.3, 0.4) is 0 Å². The minimum Gasteiger partial charge on any atom is -0.303 e. The van der Waals surface area contributed by atoms with Crippen molar-refractivity contribution < 1.29 is 8.42 Å². The maximum Gasteiger partial charge on any atom is 0.240 e. The maximum absolute atomic E-state index is 12.3. The molecule has 1 saturated heterocycles. The van der Waals surface area contributed by atoms with E-state index in [-0.39, 0.29) is 0 Å². The molecule has 21 heavy (non-hydrogen) atoms. The molecular weight excluding hydrogens is 284 g/mol. The molecule has 118 valence electrons. The fourth-order valence-corrected chi connectivity index (χ4v) is 4.17. The van der Waals surface area contributed by atoms with Gasteiger partial charge in [0.25, 0.3) is 0 Å². The molecule has 1 aliphatic heterocycles. The first kappa shape index (κ1) is 16.5. The molecule has 0 amide bonds. The lowest BCUT2D eigenvalue weighted by Crippen LogP contribution is -2.33. The van der Waals surface area contributed by atoms with Crippen LogP contribution in [0.2, 0.25) is 0 Å². The molecule has 1 heterocycles. The molecule has 0 unspecified atom stereocenters. The summed E-state index contributed by atoms with van der Waals surface area (Å²) in [6.07, 6.45) is 4.74. The molecule has 5 heteroatoms. The smallest absolute Gasteiger partial charge is 0.240 e. The van der Waals surface area contributed by atoms with E-state index >= 15 is 0 Å². The third kappa shape index (κ3) is 4.80. The molecule has 1 aromatic carbocycles. The average molecular weight is 310 g/mol. The van der Waals surface area contributed by atoms with Gasteiger partial charge in [0.15, 0.2) is 0 Å². The first-order valence-electron chi connectivity index (χ1n) is 7.78. The van der Waals surface area contributed by atoms with Crippen LogP contribution in [0.15, 0.2) is 23.1 Å². The second-order valence-corrected chi connectivity index (χ2v) is 7.66. The topological polar surface area (TPSA) is 49.4 Å². The first-order chi connectivity index (χ1) is 9.99. The molecular formula is C16H26N2O2S. The molecule has 0 aliphatic carbocycles. The van der Waals surface area contributed by atoms with Crippen LogP contribution in [0.1, 0.15) is 36.8 Å². The van der Waals surface area contributed by atoms with Crippen molar-refractivity contribution in [1.82, 2.24) is 9.62 Å². The molecule has 1 aromatic rings. The number of sulfonamides is 1. The summed E-state index contributed by atoms with van der Waals surface area (Å²) in [5.41, 5.74) is 1.76. The molecule has 0 atom stereocenters. The number of piperidine rings is 1. The summed E-state index contributed by atoms with van der Waals surface area (Å²) in [5.74, 6) is 0. The van der Waals surface area contributed by atoms with Gasteiger partial charge in [-0.3, -0.25) is 0 Å². The van der Waals surface area contributed by atoms with E-state index in [9.17, 15) is 8.42 Å². The largest absolute Gasteiger partial charge is 0.303 e. The SMILES string of the molecule is Cc1ccc(C)c(S(=O)(=O)NCCCN2CCCCC2)c1. The lowest BCUT2D eigenvalue weighted by molar-refractivity contribution is 0.227. The van der Waals surface area contributed by atoms with Gasteiger partial charge in [0, 0.05) is 6.54 Å². The Morgan fingerprint density at radius 3 is 2.57 bits per heavy atom. The van der Waals surface area contributed by atoms with Crippen LogP contribution < -0.4 is 4.72 Å². The molecule has 0 radical (unpaired) electrons. The molecule has 0 bridgehead atoms. The number of nitrogens with zero attached hydrogens (tertiary/aromatic N) is 1. The zero-order valence-electron chi connectivity index (χ0n) is 13.1. The van der Waals surface area contributed by atoms with Gasteiger partial charge in [-0.2, -0.15) is 0 Å². The zero-order valence-corrected chi connectivity index (χ0v) is 13.9. The minimum absolute atomic E-state index is 0.403. The highest BCUT2D eigenvalue weighted by molar-refractivity contribution is 7.89. The summed E-state index contributed by atoms with van der Waals surface area (Å²) in [7, 11) is -3.38. The molecule has 1 N–H and O–H groups in total. The van der Waals surface area contributed by atoms with Crippen LogP contribution in [-0.4, -0.2) is 39.5 Å². The van der Waals surface area contributed by atoms with Crippen LogP contribution in [0.25, 0.3) is 0 Å². The lowest BCUT2D eigenvalue weighted by atomic mass is 10.1. The number of rotatable bonds is 6. The molecule has 0 spiro atoms. The number of hydrogen-bond donors (Lipinski definition) is 1. The fraction of sp³-hybridized carbons (Fsp3) is 0.625. The first-order valence-corrected chi connectivity index (χ1v) is 9.27. The third-order valence-corrected chi connectivity index (χ3v) is 5.63. The summed E-state index contributed by atoms with van der Waals surface area (Å²) in [6.45, 7) is 7.55. The predicted molar refractivity (Wildman–Crippen MR) is 86.0 cm³/mol. The average Bonchev–Trinajstić information content (AvgIpc) is 2.47. The minimum atomic E-state index is -3.38. The fourth-order valence-electron chi connectivity index (χ4n) is 2.77. The molecule has 4 nitrogen and oxygen atoms in total. The Morgan fingerprint density at radius 2 is 1.86 bits per heavy atom. The highest BCUT2D eigenvalue weighted by atomic mass is 32.2. The molecule has 1 fully saturated rings. The highest BCUT2D eigenvalue weighted by Gasteiger charge is 2.16. The number of hydrogen-bond acceptors (Lipinski definition) is 3. The van der Waals surface area contributed by atoms with Crippen molar-refractivity contribution in [1.29, 1.82) is 0 Å². The van der Waals surface area contributed by atoms with Gasteiger partial charge >= 0.3 is 0 Å². The van der Waals surface area contributed by atoms with Crippen molar-refractivity contribution in [3.63, 3.8) is 0 Å². The van der Waals surface area contributed by atoms with Gasteiger partial charge in [-0.1, -0.05) is 18.6 Å². The Kier molecular flexibility index (Phi) is 5.79. The number of nitrogens with one attached hydrogen (secondary N) is 1. The number of aryl methyl sites for hydroxylation is 2. The normalized spacial score (nSPS) is 17.0. The van der Waals surface area contributed by atoms with E-state index in [1.807, 2.05) is 26.0 Å². The highest BCUT2D eigenvalue weighted by Crippen LogP contribution is 2.16. The Balaban J connectivity index is 1.85. The van der Waals surface area contributed by atoms with E-state index in [0.717, 1.165) is 37.2 Å². The summed E-state index contributed by atoms with van der Waals surface area (Å²) in [6, 6.07) is 5.53. The Labute approximate surface area is 128 Å². The van der Waals surface area contributed by atoms with Crippen molar-refractivity contribution in [3.8, 4) is 0 Å². The van der Waals surface area contributed by atoms with Crippen LogP contribution >= 0.6 is 0 Å². The molecule has 0 aromatic heterocycles. The van der Waals surface area contributed by atoms with E-state index in [1.54, 1.807) is 6.07 Å². The second-order valence-electron chi connectivity index (χ2n) is 5.92. The van der Waals surface area contributed by atoms with E-state index in [4.69, 9.17) is 0 Å². The van der Waals surface area contributed by atoms with Crippen molar-refractivity contribution >= 4 is 10.0 Å². The Bertz CT molecular complexity index is 564. The van der Waals surface area contributed by atoms with Gasteiger partial charge in [-0.15, -0.1) is 0 Å². The van der Waals surface area contributed by atoms with E-state index in [2.05, 4.69) is 9.62 Å². The quantitative estimate of drug-likeness (QED) is 0.821. The van der Waals surface area contributed by atoms with Gasteiger partial charge in [0.2, 0.25) is 10.0 Å². The van der Waals surface area contributed by atoms with Crippen LogP contribution in [0, 0.1) is 13.8 Å². The number of benzene rings is 1.